The van der Waals surface area contributed by atoms with E-state index in [9.17, 15) is 4.79 Å². The van der Waals surface area contributed by atoms with Gasteiger partial charge in [0.15, 0.2) is 0 Å². The van der Waals surface area contributed by atoms with Crippen LogP contribution in [0.3, 0.4) is 0 Å². The predicted molar refractivity (Wildman–Crippen MR) is 81.8 cm³/mol. The molecule has 1 aliphatic carbocycles. The normalized spacial score (nSPS) is 14.5. The monoisotopic (exact) mass is 268 g/mol. The van der Waals surface area contributed by atoms with Gasteiger partial charge >= 0.3 is 0 Å². The molecule has 2 aromatic rings. The van der Waals surface area contributed by atoms with Crippen LogP contribution in [0.1, 0.15) is 29.5 Å². The molecule has 1 fully saturated rings. The summed E-state index contributed by atoms with van der Waals surface area (Å²) in [4.78, 5) is 15.1. The van der Waals surface area contributed by atoms with Crippen molar-refractivity contribution in [1.82, 2.24) is 10.3 Å². The van der Waals surface area contributed by atoms with E-state index in [0.717, 1.165) is 16.8 Å². The number of aromatic nitrogens is 1. The van der Waals surface area contributed by atoms with Crippen LogP contribution >= 0.6 is 0 Å². The first-order chi connectivity index (χ1) is 9.63. The van der Waals surface area contributed by atoms with Gasteiger partial charge in [0.2, 0.25) is 0 Å². The second-order valence-corrected chi connectivity index (χ2v) is 5.68. The molecule has 1 saturated carbocycles. The number of hydrogen-bond acceptors (Lipinski definition) is 2. The summed E-state index contributed by atoms with van der Waals surface area (Å²) in [6.45, 7) is 4.84. The molecular weight excluding hydrogens is 248 g/mol. The maximum absolute atomic E-state index is 12.1. The average molecular weight is 268 g/mol. The van der Waals surface area contributed by atoms with Gasteiger partial charge in [-0.2, -0.15) is 0 Å². The lowest BCUT2D eigenvalue weighted by Crippen LogP contribution is -2.22. The fourth-order valence-electron chi connectivity index (χ4n) is 2.26. The van der Waals surface area contributed by atoms with E-state index in [1.165, 1.54) is 24.0 Å². The summed E-state index contributed by atoms with van der Waals surface area (Å²) in [7, 11) is 0. The number of H-pyrrole nitrogens is 1. The highest BCUT2D eigenvalue weighted by atomic mass is 16.1. The molecule has 20 heavy (non-hydrogen) atoms. The fourth-order valence-corrected chi connectivity index (χ4v) is 2.26. The first-order valence-corrected chi connectivity index (χ1v) is 7.17. The zero-order chi connectivity index (χ0) is 14.1. The molecule has 0 atom stereocenters. The molecule has 3 nitrogen and oxygen atoms in total. The largest absolute Gasteiger partial charge is 0.322 e. The fraction of sp³-hybridized carbons (Fsp3) is 0.353. The second kappa shape index (κ2) is 5.25. The Hall–Kier alpha value is -1.87. The van der Waals surface area contributed by atoms with Crippen molar-refractivity contribution in [3.63, 3.8) is 0 Å². The highest BCUT2D eigenvalue weighted by molar-refractivity contribution is 5.60. The Morgan fingerprint density at radius 2 is 1.95 bits per heavy atom. The van der Waals surface area contributed by atoms with Gasteiger partial charge in [0.1, 0.15) is 0 Å². The van der Waals surface area contributed by atoms with Gasteiger partial charge in [-0.3, -0.25) is 4.79 Å². The van der Waals surface area contributed by atoms with E-state index in [1.54, 1.807) is 0 Å². The summed E-state index contributed by atoms with van der Waals surface area (Å²) >= 11 is 0. The number of aryl methyl sites for hydroxylation is 2. The molecule has 0 unspecified atom stereocenters. The van der Waals surface area contributed by atoms with Crippen molar-refractivity contribution in [3.8, 4) is 11.3 Å². The summed E-state index contributed by atoms with van der Waals surface area (Å²) < 4.78 is 0. The van der Waals surface area contributed by atoms with Gasteiger partial charge in [-0.05, 0) is 55.5 Å². The van der Waals surface area contributed by atoms with Gasteiger partial charge in [-0.15, -0.1) is 0 Å². The molecule has 0 bridgehead atoms. The number of pyridine rings is 1. The van der Waals surface area contributed by atoms with Crippen LogP contribution in [0.15, 0.2) is 35.1 Å². The molecule has 2 N–H and O–H groups in total. The topological polar surface area (TPSA) is 44.9 Å². The van der Waals surface area contributed by atoms with Gasteiger partial charge in [-0.25, -0.2) is 0 Å². The molecule has 104 valence electrons. The third-order valence-corrected chi connectivity index (χ3v) is 3.97. The molecule has 0 radical (unpaired) electrons. The molecule has 1 aromatic heterocycles. The number of benzene rings is 1. The van der Waals surface area contributed by atoms with Crippen LogP contribution in [0.2, 0.25) is 0 Å². The van der Waals surface area contributed by atoms with Gasteiger partial charge in [0, 0.05) is 23.8 Å². The maximum atomic E-state index is 12.1. The van der Waals surface area contributed by atoms with Crippen molar-refractivity contribution in [1.29, 1.82) is 0 Å². The lowest BCUT2D eigenvalue weighted by Gasteiger charge is -2.07. The molecule has 3 heteroatoms. The van der Waals surface area contributed by atoms with E-state index in [0.29, 0.717) is 12.6 Å². The minimum atomic E-state index is 0.00822. The third-order valence-electron chi connectivity index (χ3n) is 3.97. The second-order valence-electron chi connectivity index (χ2n) is 5.68. The van der Waals surface area contributed by atoms with E-state index in [1.807, 2.05) is 12.1 Å². The zero-order valence-corrected chi connectivity index (χ0v) is 12.0. The van der Waals surface area contributed by atoms with Gasteiger partial charge in [0.25, 0.3) is 5.56 Å². The highest BCUT2D eigenvalue weighted by Crippen LogP contribution is 2.20. The Balaban J connectivity index is 1.84. The predicted octanol–water partition coefficient (Wildman–Crippen LogP) is 2.91. The minimum absolute atomic E-state index is 0.00822. The summed E-state index contributed by atoms with van der Waals surface area (Å²) in [6.07, 6.45) is 2.47. The molecule has 0 spiro atoms. The maximum Gasteiger partial charge on any atom is 0.252 e. The smallest absolute Gasteiger partial charge is 0.252 e. The Labute approximate surface area is 119 Å². The Morgan fingerprint density at radius 1 is 1.15 bits per heavy atom. The Kier molecular flexibility index (Phi) is 3.45. The van der Waals surface area contributed by atoms with Crippen LogP contribution in [0.25, 0.3) is 11.3 Å². The van der Waals surface area contributed by atoms with Crippen molar-refractivity contribution in [2.24, 2.45) is 0 Å². The van der Waals surface area contributed by atoms with Crippen LogP contribution in [0.4, 0.5) is 0 Å². The molecule has 1 aliphatic rings. The van der Waals surface area contributed by atoms with Crippen LogP contribution in [-0.2, 0) is 6.54 Å². The van der Waals surface area contributed by atoms with Crippen molar-refractivity contribution in [2.75, 3.05) is 0 Å². The van der Waals surface area contributed by atoms with Crippen LogP contribution in [0.5, 0.6) is 0 Å². The lowest BCUT2D eigenvalue weighted by molar-refractivity contribution is 0.682. The zero-order valence-electron chi connectivity index (χ0n) is 12.0. The first kappa shape index (κ1) is 13.1. The summed E-state index contributed by atoms with van der Waals surface area (Å²) in [5.74, 6) is 0. The van der Waals surface area contributed by atoms with Crippen molar-refractivity contribution in [3.05, 3.63) is 57.4 Å². The van der Waals surface area contributed by atoms with Crippen LogP contribution < -0.4 is 10.9 Å². The first-order valence-electron chi connectivity index (χ1n) is 7.17. The van der Waals surface area contributed by atoms with Crippen molar-refractivity contribution in [2.45, 2.75) is 39.3 Å². The minimum Gasteiger partial charge on any atom is -0.322 e. The summed E-state index contributed by atoms with van der Waals surface area (Å²) in [5.41, 5.74) is 5.27. The average Bonchev–Trinajstić information content (AvgIpc) is 3.24. The van der Waals surface area contributed by atoms with E-state index in [2.05, 4.69) is 42.3 Å². The van der Waals surface area contributed by atoms with E-state index in [-0.39, 0.29) is 5.56 Å². The molecule has 0 amide bonds. The molecule has 3 rings (SSSR count). The molecular formula is C17H20N2O. The van der Waals surface area contributed by atoms with Gasteiger partial charge in [-0.1, -0.05) is 18.2 Å². The van der Waals surface area contributed by atoms with Crippen LogP contribution in [-0.4, -0.2) is 11.0 Å². The van der Waals surface area contributed by atoms with Gasteiger partial charge < -0.3 is 10.3 Å². The Bertz CT molecular complexity index is 684. The third kappa shape index (κ3) is 2.83. The molecule has 1 aromatic carbocycles. The highest BCUT2D eigenvalue weighted by Gasteiger charge is 2.20. The van der Waals surface area contributed by atoms with Crippen molar-refractivity contribution >= 4 is 0 Å². The van der Waals surface area contributed by atoms with Gasteiger partial charge in [0.05, 0.1) is 0 Å². The SMILES string of the molecule is Cc1ccc(-c2ccc(CNC3CC3)c(=O)[nH]2)cc1C. The number of nitrogens with one attached hydrogen (secondary N) is 2. The summed E-state index contributed by atoms with van der Waals surface area (Å²) in [6, 6.07) is 10.8. The quantitative estimate of drug-likeness (QED) is 0.895. The molecule has 1 heterocycles. The number of hydrogen-bond donors (Lipinski definition) is 2. The molecule has 0 aliphatic heterocycles. The Morgan fingerprint density at radius 3 is 2.60 bits per heavy atom. The van der Waals surface area contributed by atoms with E-state index < -0.39 is 0 Å². The lowest BCUT2D eigenvalue weighted by atomic mass is 10.0. The summed E-state index contributed by atoms with van der Waals surface area (Å²) in [5, 5.41) is 3.37. The number of rotatable bonds is 4. The standard InChI is InChI=1S/C17H20N2O/c1-11-3-4-13(9-12(11)2)16-8-5-14(17(20)19-16)10-18-15-6-7-15/h3-5,8-9,15,18H,6-7,10H2,1-2H3,(H,19,20). The van der Waals surface area contributed by atoms with E-state index in [4.69, 9.17) is 0 Å². The van der Waals surface area contributed by atoms with Crippen LogP contribution in [0, 0.1) is 13.8 Å². The van der Waals surface area contributed by atoms with Crippen molar-refractivity contribution < 1.29 is 0 Å². The number of aromatic amines is 1. The molecule has 0 saturated heterocycles. The van der Waals surface area contributed by atoms with E-state index >= 15 is 0 Å².